The van der Waals surface area contributed by atoms with E-state index < -0.39 is 0 Å². The van der Waals surface area contributed by atoms with E-state index in [1.807, 2.05) is 0 Å². The minimum atomic E-state index is -0.221. The Morgan fingerprint density at radius 1 is 1.06 bits per heavy atom. The molecule has 1 aromatic carbocycles. The van der Waals surface area contributed by atoms with Gasteiger partial charge in [-0.2, -0.15) is 0 Å². The van der Waals surface area contributed by atoms with Crippen LogP contribution in [0, 0.1) is 5.92 Å². The fourth-order valence-corrected chi connectivity index (χ4v) is 1.70. The van der Waals surface area contributed by atoms with Crippen LogP contribution in [0.5, 0.6) is 0 Å². The van der Waals surface area contributed by atoms with Gasteiger partial charge >= 0.3 is 0 Å². The number of aryl methyl sites for hydroxylation is 1. The first-order chi connectivity index (χ1) is 7.63. The van der Waals surface area contributed by atoms with Crippen LogP contribution in [0.2, 0.25) is 0 Å². The Morgan fingerprint density at radius 3 is 2.12 bits per heavy atom. The molecule has 0 saturated heterocycles. The van der Waals surface area contributed by atoms with Gasteiger partial charge in [0.2, 0.25) is 0 Å². The maximum Gasteiger partial charge on any atom is 0.0603 e. The molecular weight excluding hydrogens is 196 g/mol. The molecule has 0 radical (unpaired) electrons. The Morgan fingerprint density at radius 2 is 1.62 bits per heavy atom. The van der Waals surface area contributed by atoms with Gasteiger partial charge < -0.3 is 5.11 Å². The van der Waals surface area contributed by atoms with E-state index in [-0.39, 0.29) is 6.10 Å². The van der Waals surface area contributed by atoms with Gasteiger partial charge in [-0.3, -0.25) is 0 Å². The number of rotatable bonds is 6. The molecule has 0 heterocycles. The Bertz CT molecular complexity index is 287. The molecule has 16 heavy (non-hydrogen) atoms. The Labute approximate surface area is 99.5 Å². The molecule has 1 rings (SSSR count). The number of unbranched alkanes of at least 4 members (excludes halogenated alkanes) is 1. The van der Waals surface area contributed by atoms with Crippen LogP contribution in [0.15, 0.2) is 24.3 Å². The molecule has 0 fully saturated rings. The highest BCUT2D eigenvalue weighted by Gasteiger charge is 2.09. The molecule has 0 aliphatic rings. The minimum absolute atomic E-state index is 0.221. The van der Waals surface area contributed by atoms with Crippen LogP contribution in [-0.2, 0) is 12.8 Å². The van der Waals surface area contributed by atoms with Crippen LogP contribution in [0.1, 0.15) is 44.7 Å². The molecule has 90 valence electrons. The zero-order valence-electron chi connectivity index (χ0n) is 10.7. The highest BCUT2D eigenvalue weighted by atomic mass is 16.3. The van der Waals surface area contributed by atoms with Crippen molar-refractivity contribution in [1.29, 1.82) is 0 Å². The lowest BCUT2D eigenvalue weighted by Crippen LogP contribution is -2.17. The lowest BCUT2D eigenvalue weighted by molar-refractivity contribution is 0.125. The van der Waals surface area contributed by atoms with E-state index in [2.05, 4.69) is 45.0 Å². The van der Waals surface area contributed by atoms with E-state index in [4.69, 9.17) is 0 Å². The molecule has 0 spiro atoms. The van der Waals surface area contributed by atoms with Gasteiger partial charge in [0, 0.05) is 0 Å². The highest BCUT2D eigenvalue weighted by Crippen LogP contribution is 2.12. The summed E-state index contributed by atoms with van der Waals surface area (Å²) in [6.07, 6.45) is 4.22. The van der Waals surface area contributed by atoms with Crippen molar-refractivity contribution < 1.29 is 5.11 Å². The quantitative estimate of drug-likeness (QED) is 0.776. The van der Waals surface area contributed by atoms with Crippen molar-refractivity contribution in [2.75, 3.05) is 0 Å². The molecule has 1 N–H and O–H groups in total. The van der Waals surface area contributed by atoms with Gasteiger partial charge in [-0.1, -0.05) is 51.5 Å². The normalized spacial score (nSPS) is 13.1. The van der Waals surface area contributed by atoms with Gasteiger partial charge in [0.15, 0.2) is 0 Å². The summed E-state index contributed by atoms with van der Waals surface area (Å²) in [5, 5.41) is 9.79. The third kappa shape index (κ3) is 4.36. The maximum atomic E-state index is 9.79. The molecular formula is C15H24O. The van der Waals surface area contributed by atoms with E-state index in [1.54, 1.807) is 0 Å². The molecule has 0 bridgehead atoms. The number of hydrogen-bond acceptors (Lipinski definition) is 1. The van der Waals surface area contributed by atoms with Crippen molar-refractivity contribution in [3.63, 3.8) is 0 Å². The lowest BCUT2D eigenvalue weighted by atomic mass is 9.98. The van der Waals surface area contributed by atoms with Gasteiger partial charge in [0.25, 0.3) is 0 Å². The van der Waals surface area contributed by atoms with Crippen LogP contribution >= 0.6 is 0 Å². The lowest BCUT2D eigenvalue weighted by Gasteiger charge is -2.14. The second-order valence-electron chi connectivity index (χ2n) is 4.94. The molecule has 1 aromatic rings. The zero-order chi connectivity index (χ0) is 12.0. The SMILES string of the molecule is CCCCc1ccc(CC(O)C(C)C)cc1. The number of hydrogen-bond donors (Lipinski definition) is 1. The molecule has 1 nitrogen and oxygen atoms in total. The van der Waals surface area contributed by atoms with Crippen LogP contribution in [-0.4, -0.2) is 11.2 Å². The second-order valence-corrected chi connectivity index (χ2v) is 4.94. The Balaban J connectivity index is 2.51. The second kappa shape index (κ2) is 6.70. The Kier molecular flexibility index (Phi) is 5.54. The highest BCUT2D eigenvalue weighted by molar-refractivity contribution is 5.23. The van der Waals surface area contributed by atoms with E-state index in [1.165, 1.54) is 30.4 Å². The minimum Gasteiger partial charge on any atom is -0.393 e. The summed E-state index contributed by atoms with van der Waals surface area (Å²) < 4.78 is 0. The molecule has 0 saturated carbocycles. The molecule has 1 unspecified atom stereocenters. The van der Waals surface area contributed by atoms with Gasteiger partial charge in [-0.15, -0.1) is 0 Å². The smallest absolute Gasteiger partial charge is 0.0603 e. The topological polar surface area (TPSA) is 20.2 Å². The van der Waals surface area contributed by atoms with E-state index in [0.717, 1.165) is 6.42 Å². The summed E-state index contributed by atoms with van der Waals surface area (Å²) in [6, 6.07) is 8.68. The summed E-state index contributed by atoms with van der Waals surface area (Å²) >= 11 is 0. The van der Waals surface area contributed by atoms with E-state index in [9.17, 15) is 5.11 Å². The van der Waals surface area contributed by atoms with Crippen molar-refractivity contribution in [1.82, 2.24) is 0 Å². The standard InChI is InChI=1S/C15H24O/c1-4-5-6-13-7-9-14(10-8-13)11-15(16)12(2)3/h7-10,12,15-16H,4-6,11H2,1-3H3. The van der Waals surface area contributed by atoms with Gasteiger partial charge in [-0.05, 0) is 36.3 Å². The summed E-state index contributed by atoms with van der Waals surface area (Å²) in [6.45, 7) is 6.33. The van der Waals surface area contributed by atoms with E-state index in [0.29, 0.717) is 5.92 Å². The van der Waals surface area contributed by atoms with Gasteiger partial charge in [-0.25, -0.2) is 0 Å². The van der Waals surface area contributed by atoms with Crippen molar-refractivity contribution in [3.05, 3.63) is 35.4 Å². The average Bonchev–Trinajstić information content (AvgIpc) is 2.28. The van der Waals surface area contributed by atoms with Crippen molar-refractivity contribution >= 4 is 0 Å². The summed E-state index contributed by atoms with van der Waals surface area (Å²) in [5.74, 6) is 0.333. The fraction of sp³-hybridized carbons (Fsp3) is 0.600. The van der Waals surface area contributed by atoms with Gasteiger partial charge in [0.1, 0.15) is 0 Å². The number of aliphatic hydroxyl groups is 1. The monoisotopic (exact) mass is 220 g/mol. The third-order valence-electron chi connectivity index (χ3n) is 3.06. The molecule has 1 heteroatoms. The van der Waals surface area contributed by atoms with Crippen LogP contribution in [0.25, 0.3) is 0 Å². The fourth-order valence-electron chi connectivity index (χ4n) is 1.70. The van der Waals surface area contributed by atoms with Crippen LogP contribution < -0.4 is 0 Å². The molecule has 0 aliphatic carbocycles. The first-order valence-electron chi connectivity index (χ1n) is 6.39. The molecule has 0 aliphatic heterocycles. The molecule has 0 amide bonds. The van der Waals surface area contributed by atoms with Crippen molar-refractivity contribution in [2.24, 2.45) is 5.92 Å². The number of benzene rings is 1. The molecule has 1 atom stereocenters. The van der Waals surface area contributed by atoms with Crippen molar-refractivity contribution in [2.45, 2.75) is 52.6 Å². The zero-order valence-corrected chi connectivity index (χ0v) is 10.7. The van der Waals surface area contributed by atoms with Gasteiger partial charge in [0.05, 0.1) is 6.10 Å². The summed E-state index contributed by atoms with van der Waals surface area (Å²) in [5.41, 5.74) is 2.64. The first-order valence-corrected chi connectivity index (χ1v) is 6.39. The summed E-state index contributed by atoms with van der Waals surface area (Å²) in [4.78, 5) is 0. The maximum absolute atomic E-state index is 9.79. The predicted octanol–water partition coefficient (Wildman–Crippen LogP) is 3.59. The predicted molar refractivity (Wildman–Crippen MR) is 69.6 cm³/mol. The third-order valence-corrected chi connectivity index (χ3v) is 3.06. The van der Waals surface area contributed by atoms with Crippen LogP contribution in [0.4, 0.5) is 0 Å². The summed E-state index contributed by atoms with van der Waals surface area (Å²) in [7, 11) is 0. The van der Waals surface area contributed by atoms with Crippen LogP contribution in [0.3, 0.4) is 0 Å². The largest absolute Gasteiger partial charge is 0.393 e. The van der Waals surface area contributed by atoms with E-state index >= 15 is 0 Å². The molecule has 0 aromatic heterocycles. The average molecular weight is 220 g/mol. The van der Waals surface area contributed by atoms with Crippen molar-refractivity contribution in [3.8, 4) is 0 Å². The number of aliphatic hydroxyl groups excluding tert-OH is 1. The Hall–Kier alpha value is -0.820. The first kappa shape index (κ1) is 13.2.